The van der Waals surface area contributed by atoms with Crippen LogP contribution in [0.4, 0.5) is 0 Å². The number of carbonyl (C=O) groups excluding carboxylic acids is 1. The second kappa shape index (κ2) is 7.17. The lowest BCUT2D eigenvalue weighted by Gasteiger charge is -2.33. The molecule has 1 amide bonds. The molecule has 0 aliphatic carbocycles. The first-order chi connectivity index (χ1) is 12.4. The van der Waals surface area contributed by atoms with E-state index in [4.69, 9.17) is 9.47 Å². The van der Waals surface area contributed by atoms with Crippen molar-refractivity contribution < 1.29 is 24.2 Å². The van der Waals surface area contributed by atoms with Gasteiger partial charge in [-0.2, -0.15) is 5.10 Å². The number of hydrogen-bond donors (Lipinski definition) is 2. The van der Waals surface area contributed by atoms with Crippen LogP contribution in [-0.4, -0.2) is 52.6 Å². The van der Waals surface area contributed by atoms with Crippen molar-refractivity contribution in [3.63, 3.8) is 0 Å². The van der Waals surface area contributed by atoms with Crippen LogP contribution in [0.5, 0.6) is 5.75 Å². The van der Waals surface area contributed by atoms with E-state index in [1.54, 1.807) is 19.4 Å². The summed E-state index contributed by atoms with van der Waals surface area (Å²) >= 11 is 0. The molecule has 0 atom stereocenters. The van der Waals surface area contributed by atoms with Gasteiger partial charge in [0.1, 0.15) is 17.0 Å². The third-order valence-electron chi connectivity index (χ3n) is 4.51. The van der Waals surface area contributed by atoms with Crippen LogP contribution in [0.3, 0.4) is 0 Å². The molecule has 1 aliphatic heterocycles. The summed E-state index contributed by atoms with van der Waals surface area (Å²) in [5.74, 6) is -0.967. The molecule has 26 heavy (non-hydrogen) atoms. The number of methoxy groups -OCH3 is 1. The average Bonchev–Trinajstić information content (AvgIpc) is 3.12. The topological polar surface area (TPSA) is 103 Å². The van der Waals surface area contributed by atoms with Crippen molar-refractivity contribution in [3.05, 3.63) is 41.7 Å². The van der Waals surface area contributed by atoms with Gasteiger partial charge in [-0.3, -0.25) is 4.79 Å². The molecule has 1 aromatic heterocycles. The molecule has 8 nitrogen and oxygen atoms in total. The summed E-state index contributed by atoms with van der Waals surface area (Å²) in [6.07, 6.45) is 2.09. The molecule has 3 rings (SSSR count). The number of benzene rings is 1. The third kappa shape index (κ3) is 3.41. The van der Waals surface area contributed by atoms with Crippen molar-refractivity contribution in [2.75, 3.05) is 20.3 Å². The number of amides is 1. The average molecular weight is 359 g/mol. The zero-order valence-corrected chi connectivity index (χ0v) is 14.7. The fourth-order valence-corrected chi connectivity index (χ4v) is 2.95. The van der Waals surface area contributed by atoms with Crippen LogP contribution in [0.2, 0.25) is 0 Å². The molecule has 1 fully saturated rings. The van der Waals surface area contributed by atoms with Crippen molar-refractivity contribution in [3.8, 4) is 11.4 Å². The van der Waals surface area contributed by atoms with Crippen molar-refractivity contribution in [2.45, 2.75) is 25.3 Å². The number of carboxylic acid groups (broad SMARTS) is 1. The number of carboxylic acids is 1. The van der Waals surface area contributed by atoms with Gasteiger partial charge >= 0.3 is 5.97 Å². The molecule has 1 saturated heterocycles. The molecule has 0 bridgehead atoms. The van der Waals surface area contributed by atoms with Crippen LogP contribution < -0.4 is 10.1 Å². The van der Waals surface area contributed by atoms with Crippen LogP contribution in [0.1, 0.15) is 28.9 Å². The van der Waals surface area contributed by atoms with Gasteiger partial charge in [0.2, 0.25) is 0 Å². The van der Waals surface area contributed by atoms with E-state index in [1.165, 1.54) is 4.68 Å². The number of aliphatic carboxylic acids is 1. The molecule has 1 aliphatic rings. The Kier molecular flexibility index (Phi) is 4.94. The normalized spacial score (nSPS) is 16.1. The molecule has 0 spiro atoms. The molecule has 2 N–H and O–H groups in total. The Morgan fingerprint density at radius 2 is 2.04 bits per heavy atom. The predicted octanol–water partition coefficient (Wildman–Crippen LogP) is 1.55. The molecule has 138 valence electrons. The molecule has 2 aromatic rings. The SMILES string of the molecule is COc1ccc(C)cc1-n1ccc(C(=O)NC2(C(=O)O)CCOCC2)n1. The number of carbonyl (C=O) groups is 2. The zero-order chi connectivity index (χ0) is 18.7. The highest BCUT2D eigenvalue weighted by Gasteiger charge is 2.42. The second-order valence-corrected chi connectivity index (χ2v) is 6.27. The van der Waals surface area contributed by atoms with Crippen LogP contribution in [0.25, 0.3) is 5.69 Å². The van der Waals surface area contributed by atoms with Gasteiger partial charge in [-0.05, 0) is 30.7 Å². The first-order valence-corrected chi connectivity index (χ1v) is 8.29. The molecule has 2 heterocycles. The number of nitrogens with zero attached hydrogens (tertiary/aromatic N) is 2. The molecular weight excluding hydrogens is 338 g/mol. The molecule has 1 aromatic carbocycles. The lowest BCUT2D eigenvalue weighted by atomic mass is 9.90. The summed E-state index contributed by atoms with van der Waals surface area (Å²) in [6, 6.07) is 7.19. The Morgan fingerprint density at radius 1 is 1.31 bits per heavy atom. The van der Waals surface area contributed by atoms with E-state index >= 15 is 0 Å². The fourth-order valence-electron chi connectivity index (χ4n) is 2.95. The Bertz CT molecular complexity index is 824. The quantitative estimate of drug-likeness (QED) is 0.840. The van der Waals surface area contributed by atoms with E-state index < -0.39 is 17.4 Å². The van der Waals surface area contributed by atoms with Crippen LogP contribution >= 0.6 is 0 Å². The van der Waals surface area contributed by atoms with Crippen molar-refractivity contribution in [1.29, 1.82) is 0 Å². The monoisotopic (exact) mass is 359 g/mol. The Hall–Kier alpha value is -2.87. The lowest BCUT2D eigenvalue weighted by Crippen LogP contribution is -2.57. The fraction of sp³-hybridized carbons (Fsp3) is 0.389. The second-order valence-electron chi connectivity index (χ2n) is 6.27. The number of ether oxygens (including phenoxy) is 2. The molecular formula is C18H21N3O5. The number of hydrogen-bond acceptors (Lipinski definition) is 5. The van der Waals surface area contributed by atoms with Crippen LogP contribution in [-0.2, 0) is 9.53 Å². The van der Waals surface area contributed by atoms with Crippen LogP contribution in [0.15, 0.2) is 30.5 Å². The van der Waals surface area contributed by atoms with Gasteiger partial charge in [0.15, 0.2) is 5.69 Å². The molecule has 0 unspecified atom stereocenters. The molecule has 0 saturated carbocycles. The maximum atomic E-state index is 12.6. The van der Waals surface area contributed by atoms with Gasteiger partial charge in [-0.15, -0.1) is 0 Å². The Morgan fingerprint density at radius 3 is 2.69 bits per heavy atom. The standard InChI is InChI=1S/C18H21N3O5/c1-12-3-4-15(25-2)14(11-12)21-8-5-13(20-21)16(22)19-18(17(23)24)6-9-26-10-7-18/h3-5,8,11H,6-7,9-10H2,1-2H3,(H,19,22)(H,23,24). The number of nitrogens with one attached hydrogen (secondary N) is 1. The predicted molar refractivity (Wildman–Crippen MR) is 92.7 cm³/mol. The van der Waals surface area contributed by atoms with E-state index in [9.17, 15) is 14.7 Å². The van der Waals surface area contributed by atoms with Gasteiger partial charge in [0, 0.05) is 32.3 Å². The van der Waals surface area contributed by atoms with E-state index in [-0.39, 0.29) is 18.5 Å². The molecule has 0 radical (unpaired) electrons. The van der Waals surface area contributed by atoms with Crippen molar-refractivity contribution in [1.82, 2.24) is 15.1 Å². The summed E-state index contributed by atoms with van der Waals surface area (Å²) in [5.41, 5.74) is 0.542. The zero-order valence-electron chi connectivity index (χ0n) is 14.7. The van der Waals surface area contributed by atoms with E-state index in [2.05, 4.69) is 10.4 Å². The highest BCUT2D eigenvalue weighted by molar-refractivity contribution is 5.96. The summed E-state index contributed by atoms with van der Waals surface area (Å²) in [4.78, 5) is 24.2. The summed E-state index contributed by atoms with van der Waals surface area (Å²) in [5, 5.41) is 16.5. The summed E-state index contributed by atoms with van der Waals surface area (Å²) in [7, 11) is 1.56. The Labute approximate surface area is 150 Å². The largest absolute Gasteiger partial charge is 0.494 e. The van der Waals surface area contributed by atoms with Gasteiger partial charge in [0.25, 0.3) is 5.91 Å². The minimum absolute atomic E-state index is 0.140. The smallest absolute Gasteiger partial charge is 0.329 e. The minimum atomic E-state index is -1.32. The van der Waals surface area contributed by atoms with E-state index in [0.29, 0.717) is 24.7 Å². The number of rotatable bonds is 5. The highest BCUT2D eigenvalue weighted by atomic mass is 16.5. The first-order valence-electron chi connectivity index (χ1n) is 8.29. The van der Waals surface area contributed by atoms with Crippen molar-refractivity contribution >= 4 is 11.9 Å². The van der Waals surface area contributed by atoms with Gasteiger partial charge in [0.05, 0.1) is 7.11 Å². The molecule has 8 heteroatoms. The first kappa shape index (κ1) is 17.9. The summed E-state index contributed by atoms with van der Waals surface area (Å²) in [6.45, 7) is 2.53. The van der Waals surface area contributed by atoms with Crippen LogP contribution in [0, 0.1) is 6.92 Å². The van der Waals surface area contributed by atoms with Gasteiger partial charge in [-0.1, -0.05) is 6.07 Å². The Balaban J connectivity index is 1.84. The third-order valence-corrected chi connectivity index (χ3v) is 4.51. The maximum Gasteiger partial charge on any atom is 0.329 e. The van der Waals surface area contributed by atoms with Gasteiger partial charge in [-0.25, -0.2) is 9.48 Å². The maximum absolute atomic E-state index is 12.6. The van der Waals surface area contributed by atoms with Gasteiger partial charge < -0.3 is 19.9 Å². The minimum Gasteiger partial charge on any atom is -0.494 e. The van der Waals surface area contributed by atoms with E-state index in [0.717, 1.165) is 5.56 Å². The number of aromatic nitrogens is 2. The highest BCUT2D eigenvalue weighted by Crippen LogP contribution is 2.24. The van der Waals surface area contributed by atoms with Crippen molar-refractivity contribution in [2.24, 2.45) is 0 Å². The summed E-state index contributed by atoms with van der Waals surface area (Å²) < 4.78 is 12.1. The lowest BCUT2D eigenvalue weighted by molar-refractivity contribution is -0.148. The van der Waals surface area contributed by atoms with E-state index in [1.807, 2.05) is 25.1 Å². The number of aryl methyl sites for hydroxylation is 1.